The van der Waals surface area contributed by atoms with Crippen molar-refractivity contribution in [2.75, 3.05) is 0 Å². The van der Waals surface area contributed by atoms with Crippen molar-refractivity contribution in [1.29, 1.82) is 0 Å². The van der Waals surface area contributed by atoms with Gasteiger partial charge < -0.3 is 0 Å². The molecule has 1 heterocycles. The Morgan fingerprint density at radius 1 is 1.00 bits per heavy atom. The number of pyridine rings is 1. The molecular formula is C6H10BN. The minimum absolute atomic E-state index is 1.75. The molecule has 0 spiro atoms. The predicted molar refractivity (Wildman–Crippen MR) is 38.6 cm³/mol. The molecule has 1 rings (SSSR count). The average Bonchev–Trinajstić information content (AvgIpc) is 1.96. The smallest absolute Gasteiger partial charge is 0.0973 e. The number of hydrogen-bond acceptors (Lipinski definition) is 1. The van der Waals surface area contributed by atoms with Crippen molar-refractivity contribution < 1.29 is 0 Å². The average molecular weight is 107 g/mol. The molecule has 1 aromatic rings. The first-order valence-electron chi connectivity index (χ1n) is 2.85. The molecule has 0 unspecified atom stereocenters. The van der Waals surface area contributed by atoms with E-state index in [1.165, 1.54) is 0 Å². The largest absolute Gasteiger partial charge is 0.265 e. The van der Waals surface area contributed by atoms with Crippen LogP contribution in [0.5, 0.6) is 0 Å². The highest BCUT2D eigenvalue weighted by atomic mass is 14.6. The predicted octanol–water partition coefficient (Wildman–Crippen LogP) is 0.749. The number of hydrogen-bond donors (Lipinski definition) is 0. The van der Waals surface area contributed by atoms with Crippen molar-refractivity contribution in [2.45, 2.75) is 6.82 Å². The Kier molecular flexibility index (Phi) is 5.61. The van der Waals surface area contributed by atoms with Gasteiger partial charge in [-0.05, 0) is 12.1 Å². The maximum atomic E-state index is 3.78. The van der Waals surface area contributed by atoms with E-state index in [2.05, 4.69) is 4.98 Å². The fraction of sp³-hybridized carbons (Fsp3) is 0.167. The molecule has 0 aliphatic carbocycles. The SMILES string of the molecule is BC.c1ccncc1. The Morgan fingerprint density at radius 3 is 1.62 bits per heavy atom. The molecular weight excluding hydrogens is 96.9 g/mol. The van der Waals surface area contributed by atoms with Crippen LogP contribution in [0.2, 0.25) is 6.82 Å². The fourth-order valence-corrected chi connectivity index (χ4v) is 0.313. The molecule has 0 bridgehead atoms. The second kappa shape index (κ2) is 6.21. The molecule has 0 N–H and O–H groups in total. The molecule has 42 valence electrons. The van der Waals surface area contributed by atoms with Gasteiger partial charge in [0.25, 0.3) is 0 Å². The summed E-state index contributed by atoms with van der Waals surface area (Å²) in [4.78, 5) is 3.78. The minimum atomic E-state index is 1.75. The first-order chi connectivity index (χ1) is 4.00. The Balaban J connectivity index is 0.000000222. The summed E-state index contributed by atoms with van der Waals surface area (Å²) in [5.74, 6) is 0. The minimum Gasteiger partial charge on any atom is -0.265 e. The summed E-state index contributed by atoms with van der Waals surface area (Å²) >= 11 is 0. The van der Waals surface area contributed by atoms with E-state index in [1.807, 2.05) is 32.9 Å². The Morgan fingerprint density at radius 2 is 1.50 bits per heavy atom. The summed E-state index contributed by atoms with van der Waals surface area (Å²) in [6.07, 6.45) is 3.50. The van der Waals surface area contributed by atoms with Gasteiger partial charge in [-0.15, -0.1) is 0 Å². The van der Waals surface area contributed by atoms with Gasteiger partial charge in [-0.2, -0.15) is 0 Å². The van der Waals surface area contributed by atoms with E-state index in [0.717, 1.165) is 0 Å². The molecule has 0 aliphatic rings. The molecule has 0 fully saturated rings. The number of rotatable bonds is 0. The van der Waals surface area contributed by atoms with Crippen LogP contribution < -0.4 is 0 Å². The Bertz CT molecular complexity index is 80.5. The highest BCUT2D eigenvalue weighted by Gasteiger charge is 1.58. The van der Waals surface area contributed by atoms with Gasteiger partial charge in [0.1, 0.15) is 0 Å². The van der Waals surface area contributed by atoms with Gasteiger partial charge in [0.05, 0.1) is 7.85 Å². The highest BCUT2D eigenvalue weighted by molar-refractivity contribution is 6.05. The highest BCUT2D eigenvalue weighted by Crippen LogP contribution is 1.73. The van der Waals surface area contributed by atoms with E-state index >= 15 is 0 Å². The van der Waals surface area contributed by atoms with Crippen molar-refractivity contribution in [3.8, 4) is 0 Å². The van der Waals surface area contributed by atoms with Crippen molar-refractivity contribution >= 4 is 7.85 Å². The molecule has 0 radical (unpaired) electrons. The van der Waals surface area contributed by atoms with Gasteiger partial charge in [-0.3, -0.25) is 4.98 Å². The lowest BCUT2D eigenvalue weighted by molar-refractivity contribution is 1.33. The van der Waals surface area contributed by atoms with E-state index in [0.29, 0.717) is 0 Å². The first-order valence-corrected chi connectivity index (χ1v) is 2.85. The van der Waals surface area contributed by atoms with Crippen LogP contribution in [-0.4, -0.2) is 12.8 Å². The Hall–Kier alpha value is -0.785. The summed E-state index contributed by atoms with van der Waals surface area (Å²) in [5, 5.41) is 0. The van der Waals surface area contributed by atoms with Gasteiger partial charge in [0.15, 0.2) is 0 Å². The maximum absolute atomic E-state index is 3.78. The Labute approximate surface area is 51.2 Å². The summed E-state index contributed by atoms with van der Waals surface area (Å²) in [5.41, 5.74) is 0. The molecule has 0 saturated carbocycles. The zero-order valence-corrected chi connectivity index (χ0v) is 5.33. The summed E-state index contributed by atoms with van der Waals surface area (Å²) in [6.45, 7) is 2.00. The zero-order chi connectivity index (χ0) is 6.24. The second-order valence-electron chi connectivity index (χ2n) is 1.02. The van der Waals surface area contributed by atoms with E-state index in [-0.39, 0.29) is 0 Å². The van der Waals surface area contributed by atoms with Crippen molar-refractivity contribution in [3.63, 3.8) is 0 Å². The third-order valence-corrected chi connectivity index (χ3v) is 0.566. The summed E-state index contributed by atoms with van der Waals surface area (Å²) in [7, 11) is 2.00. The van der Waals surface area contributed by atoms with Crippen LogP contribution in [-0.2, 0) is 0 Å². The summed E-state index contributed by atoms with van der Waals surface area (Å²) < 4.78 is 0. The lowest BCUT2D eigenvalue weighted by Gasteiger charge is -1.70. The quantitative estimate of drug-likeness (QED) is 0.445. The van der Waals surface area contributed by atoms with Crippen LogP contribution in [0.1, 0.15) is 0 Å². The van der Waals surface area contributed by atoms with E-state index < -0.39 is 0 Å². The zero-order valence-electron chi connectivity index (χ0n) is 5.33. The lowest BCUT2D eigenvalue weighted by atomic mass is 10.2. The topological polar surface area (TPSA) is 12.9 Å². The van der Waals surface area contributed by atoms with Gasteiger partial charge in [-0.25, -0.2) is 0 Å². The summed E-state index contributed by atoms with van der Waals surface area (Å²) in [6, 6.07) is 5.72. The van der Waals surface area contributed by atoms with Crippen molar-refractivity contribution in [2.24, 2.45) is 0 Å². The van der Waals surface area contributed by atoms with Crippen molar-refractivity contribution in [1.82, 2.24) is 4.98 Å². The second-order valence-corrected chi connectivity index (χ2v) is 1.02. The monoisotopic (exact) mass is 107 g/mol. The molecule has 0 aliphatic heterocycles. The maximum Gasteiger partial charge on any atom is 0.0973 e. The molecule has 1 nitrogen and oxygen atoms in total. The number of nitrogens with zero attached hydrogens (tertiary/aromatic N) is 1. The van der Waals surface area contributed by atoms with Gasteiger partial charge >= 0.3 is 0 Å². The van der Waals surface area contributed by atoms with Crippen LogP contribution >= 0.6 is 0 Å². The van der Waals surface area contributed by atoms with Crippen LogP contribution in [0.3, 0.4) is 0 Å². The van der Waals surface area contributed by atoms with E-state index in [4.69, 9.17) is 0 Å². The lowest BCUT2D eigenvalue weighted by Crippen LogP contribution is -1.58. The molecule has 0 aromatic carbocycles. The molecule has 0 saturated heterocycles. The molecule has 1 aromatic heterocycles. The first kappa shape index (κ1) is 7.21. The number of aromatic nitrogens is 1. The molecule has 0 atom stereocenters. The van der Waals surface area contributed by atoms with Crippen LogP contribution in [0, 0.1) is 0 Å². The van der Waals surface area contributed by atoms with Crippen LogP contribution in [0.15, 0.2) is 30.6 Å². The normalized spacial score (nSPS) is 6.62. The molecule has 0 amide bonds. The molecule has 8 heavy (non-hydrogen) atoms. The molecule has 2 heteroatoms. The van der Waals surface area contributed by atoms with Crippen LogP contribution in [0.4, 0.5) is 0 Å². The van der Waals surface area contributed by atoms with E-state index in [9.17, 15) is 0 Å². The van der Waals surface area contributed by atoms with Gasteiger partial charge in [0, 0.05) is 12.4 Å². The van der Waals surface area contributed by atoms with E-state index in [1.54, 1.807) is 12.4 Å². The van der Waals surface area contributed by atoms with Gasteiger partial charge in [0.2, 0.25) is 0 Å². The third kappa shape index (κ3) is 3.41. The van der Waals surface area contributed by atoms with Crippen LogP contribution in [0.25, 0.3) is 0 Å². The standard InChI is InChI=1S/C5H5N.CH5B/c1-2-4-6-5-3-1;1-2/h1-5H;2H2,1H3. The fourth-order valence-electron chi connectivity index (χ4n) is 0.313. The van der Waals surface area contributed by atoms with Crippen molar-refractivity contribution in [3.05, 3.63) is 30.6 Å². The third-order valence-electron chi connectivity index (χ3n) is 0.566. The van der Waals surface area contributed by atoms with Gasteiger partial charge in [-0.1, -0.05) is 12.9 Å².